The molecule has 1 N–H and O–H groups in total. The van der Waals surface area contributed by atoms with Crippen molar-refractivity contribution < 1.29 is 28.7 Å². The van der Waals surface area contributed by atoms with Crippen molar-refractivity contribution in [3.05, 3.63) is 47.3 Å². The second-order valence-corrected chi connectivity index (χ2v) is 11.4. The van der Waals surface area contributed by atoms with Crippen molar-refractivity contribution in [1.29, 1.82) is 0 Å². The molecule has 3 fully saturated rings. The van der Waals surface area contributed by atoms with Gasteiger partial charge in [0.25, 0.3) is 0 Å². The minimum absolute atomic E-state index is 0.0197. The second kappa shape index (κ2) is 12.3. The number of thioether (sulfide) groups is 1. The van der Waals surface area contributed by atoms with E-state index in [0.29, 0.717) is 44.7 Å². The van der Waals surface area contributed by atoms with E-state index >= 15 is 0 Å². The number of amides is 1. The van der Waals surface area contributed by atoms with Crippen molar-refractivity contribution in [2.45, 2.75) is 43.9 Å². The summed E-state index contributed by atoms with van der Waals surface area (Å²) in [6, 6.07) is 5.81. The van der Waals surface area contributed by atoms with Crippen LogP contribution in [-0.2, 0) is 19.2 Å². The molecule has 3 aliphatic rings. The standard InChI is InChI=1S/C27H34FN3O5S/c1-18(32)37-23-9-12-31(26(27(36)19-6-7-19)21-4-2-3-5-22(21)28)16-20(23)8-11-29-14-15-30(24(33)17-29)13-10-25(34)35/h2-5,8,19,23,26H,6-7,9-17H2,1H3,(H,34,35). The highest BCUT2D eigenvalue weighted by molar-refractivity contribution is 8.14. The third kappa shape index (κ3) is 7.27. The molecule has 1 amide bonds. The van der Waals surface area contributed by atoms with Crippen molar-refractivity contribution in [2.24, 2.45) is 5.92 Å². The van der Waals surface area contributed by atoms with E-state index in [-0.39, 0.29) is 53.3 Å². The van der Waals surface area contributed by atoms with E-state index in [9.17, 15) is 23.6 Å². The van der Waals surface area contributed by atoms with Gasteiger partial charge in [-0.15, -0.1) is 0 Å². The summed E-state index contributed by atoms with van der Waals surface area (Å²) in [5, 5.41) is 8.88. The number of hydrogen-bond acceptors (Lipinski definition) is 7. The minimum atomic E-state index is -0.926. The van der Waals surface area contributed by atoms with Gasteiger partial charge in [-0.3, -0.25) is 29.0 Å². The van der Waals surface area contributed by atoms with Crippen LogP contribution in [0, 0.1) is 11.7 Å². The third-order valence-corrected chi connectivity index (χ3v) is 8.36. The van der Waals surface area contributed by atoms with Crippen molar-refractivity contribution in [1.82, 2.24) is 14.7 Å². The lowest BCUT2D eigenvalue weighted by molar-refractivity contribution is -0.140. The minimum Gasteiger partial charge on any atom is -0.481 e. The summed E-state index contributed by atoms with van der Waals surface area (Å²) in [4.78, 5) is 54.2. The Morgan fingerprint density at radius 1 is 1.14 bits per heavy atom. The Bertz CT molecular complexity index is 1080. The molecule has 2 saturated heterocycles. The van der Waals surface area contributed by atoms with Gasteiger partial charge in [-0.25, -0.2) is 4.39 Å². The summed E-state index contributed by atoms with van der Waals surface area (Å²) in [7, 11) is 0. The number of piperazine rings is 1. The van der Waals surface area contributed by atoms with Crippen molar-refractivity contribution in [2.75, 3.05) is 45.8 Å². The number of hydrogen-bond donors (Lipinski definition) is 1. The number of carbonyl (C=O) groups excluding carboxylic acids is 3. The smallest absolute Gasteiger partial charge is 0.305 e. The lowest BCUT2D eigenvalue weighted by Gasteiger charge is -2.39. The zero-order valence-electron chi connectivity index (χ0n) is 21.1. The highest BCUT2D eigenvalue weighted by Crippen LogP contribution is 2.40. The number of ketones is 1. The van der Waals surface area contributed by atoms with E-state index in [1.54, 1.807) is 30.0 Å². The predicted molar refractivity (Wildman–Crippen MR) is 138 cm³/mol. The zero-order valence-corrected chi connectivity index (χ0v) is 21.9. The number of aliphatic carboxylic acids is 1. The average molecular weight is 532 g/mol. The third-order valence-electron chi connectivity index (χ3n) is 7.21. The molecule has 10 heteroatoms. The molecule has 0 aromatic heterocycles. The fraction of sp³-hybridized carbons (Fsp3) is 0.556. The fourth-order valence-corrected chi connectivity index (χ4v) is 6.03. The van der Waals surface area contributed by atoms with Crippen LogP contribution in [0.2, 0.25) is 0 Å². The summed E-state index contributed by atoms with van der Waals surface area (Å²) >= 11 is 1.28. The van der Waals surface area contributed by atoms with Crippen LogP contribution in [0.25, 0.3) is 0 Å². The maximum absolute atomic E-state index is 14.8. The monoisotopic (exact) mass is 531 g/mol. The molecule has 2 heterocycles. The van der Waals surface area contributed by atoms with Gasteiger partial charge in [-0.1, -0.05) is 36.0 Å². The van der Waals surface area contributed by atoms with Crippen LogP contribution in [0.3, 0.4) is 0 Å². The lowest BCUT2D eigenvalue weighted by Crippen LogP contribution is -2.50. The lowest BCUT2D eigenvalue weighted by atomic mass is 9.93. The Balaban J connectivity index is 1.49. The van der Waals surface area contributed by atoms with E-state index in [1.807, 2.05) is 15.9 Å². The molecular weight excluding hydrogens is 497 g/mol. The highest BCUT2D eigenvalue weighted by Gasteiger charge is 2.41. The van der Waals surface area contributed by atoms with Gasteiger partial charge in [0, 0.05) is 62.9 Å². The van der Waals surface area contributed by atoms with Crippen LogP contribution in [-0.4, -0.2) is 93.6 Å². The fourth-order valence-electron chi connectivity index (χ4n) is 5.08. The quantitative estimate of drug-likeness (QED) is 0.461. The second-order valence-electron chi connectivity index (χ2n) is 10.00. The van der Waals surface area contributed by atoms with E-state index < -0.39 is 12.0 Å². The molecule has 0 bridgehead atoms. The Morgan fingerprint density at radius 2 is 1.89 bits per heavy atom. The molecule has 200 valence electrons. The Hall–Kier alpha value is -2.56. The molecule has 1 saturated carbocycles. The first-order valence-electron chi connectivity index (χ1n) is 12.8. The van der Waals surface area contributed by atoms with E-state index in [1.165, 1.54) is 17.8 Å². The molecule has 4 rings (SSSR count). The molecule has 1 aromatic carbocycles. The average Bonchev–Trinajstić information content (AvgIpc) is 3.70. The largest absolute Gasteiger partial charge is 0.481 e. The van der Waals surface area contributed by atoms with Gasteiger partial charge < -0.3 is 10.0 Å². The van der Waals surface area contributed by atoms with Gasteiger partial charge >= 0.3 is 5.97 Å². The summed E-state index contributed by atoms with van der Waals surface area (Å²) in [6.45, 7) is 4.60. The van der Waals surface area contributed by atoms with Crippen LogP contribution < -0.4 is 0 Å². The first-order valence-corrected chi connectivity index (χ1v) is 13.7. The molecule has 2 aliphatic heterocycles. The Labute approximate surface area is 220 Å². The van der Waals surface area contributed by atoms with Gasteiger partial charge in [0.1, 0.15) is 5.82 Å². The Kier molecular flexibility index (Phi) is 9.15. The number of rotatable bonds is 10. The number of carboxylic acid groups (broad SMARTS) is 1. The number of Topliss-reactive ketones (excluding diaryl/α,β-unsaturated/α-hetero) is 1. The Morgan fingerprint density at radius 3 is 2.54 bits per heavy atom. The van der Waals surface area contributed by atoms with Crippen molar-refractivity contribution >= 4 is 34.5 Å². The van der Waals surface area contributed by atoms with Crippen molar-refractivity contribution in [3.8, 4) is 0 Å². The van der Waals surface area contributed by atoms with E-state index in [0.717, 1.165) is 18.4 Å². The SMILES string of the molecule is CC(=O)SC1CCN(C(C(=O)C2CC2)c2ccccc2F)CC1=CCN1CCN(CCC(=O)O)C(=O)C1. The molecule has 2 atom stereocenters. The number of piperidine rings is 1. The van der Waals surface area contributed by atoms with Crippen LogP contribution in [0.1, 0.15) is 44.2 Å². The van der Waals surface area contributed by atoms with E-state index in [4.69, 9.17) is 5.11 Å². The number of halogens is 1. The predicted octanol–water partition coefficient (Wildman–Crippen LogP) is 2.75. The maximum Gasteiger partial charge on any atom is 0.305 e. The summed E-state index contributed by atoms with van der Waals surface area (Å²) in [6.07, 6.45) is 4.33. The summed E-state index contributed by atoms with van der Waals surface area (Å²) in [5.74, 6) is -1.37. The molecule has 2 unspecified atom stereocenters. The molecule has 1 aromatic rings. The highest BCUT2D eigenvalue weighted by atomic mass is 32.2. The number of benzene rings is 1. The molecule has 0 radical (unpaired) electrons. The molecular formula is C27H34FN3O5S. The number of carboxylic acids is 1. The maximum atomic E-state index is 14.8. The van der Waals surface area contributed by atoms with Gasteiger partial charge in [-0.05, 0) is 30.9 Å². The molecule has 8 nitrogen and oxygen atoms in total. The summed E-state index contributed by atoms with van der Waals surface area (Å²) < 4.78 is 14.8. The topological polar surface area (TPSA) is 98.2 Å². The normalized spacial score (nSPS) is 23.3. The van der Waals surface area contributed by atoms with Gasteiger partial charge in [0.15, 0.2) is 10.9 Å². The van der Waals surface area contributed by atoms with Crippen molar-refractivity contribution in [3.63, 3.8) is 0 Å². The number of likely N-dealkylation sites (tertiary alicyclic amines) is 1. The van der Waals surface area contributed by atoms with Gasteiger partial charge in [-0.2, -0.15) is 0 Å². The van der Waals surface area contributed by atoms with Gasteiger partial charge in [0.2, 0.25) is 5.91 Å². The van der Waals surface area contributed by atoms with Crippen LogP contribution >= 0.6 is 11.8 Å². The van der Waals surface area contributed by atoms with Crippen LogP contribution in [0.5, 0.6) is 0 Å². The zero-order chi connectivity index (χ0) is 26.5. The first kappa shape index (κ1) is 27.5. The van der Waals surface area contributed by atoms with Crippen LogP contribution in [0.15, 0.2) is 35.9 Å². The summed E-state index contributed by atoms with van der Waals surface area (Å²) in [5.41, 5.74) is 1.41. The van der Waals surface area contributed by atoms with Gasteiger partial charge in [0.05, 0.1) is 19.0 Å². The molecule has 1 aliphatic carbocycles. The molecule has 0 spiro atoms. The number of carbonyl (C=O) groups is 4. The van der Waals surface area contributed by atoms with Crippen LogP contribution in [0.4, 0.5) is 4.39 Å². The van der Waals surface area contributed by atoms with E-state index in [2.05, 4.69) is 0 Å². The molecule has 37 heavy (non-hydrogen) atoms. The number of nitrogens with zero attached hydrogens (tertiary/aromatic N) is 3. The first-order chi connectivity index (χ1) is 17.7.